The Balaban J connectivity index is 2.11. The first-order chi connectivity index (χ1) is 15.2. The zero-order valence-corrected chi connectivity index (χ0v) is 19.0. The third kappa shape index (κ3) is 6.32. The molecule has 1 aromatic carbocycles. The molecule has 0 saturated carbocycles. The topological polar surface area (TPSA) is 113 Å². The highest BCUT2D eigenvalue weighted by molar-refractivity contribution is 6.10. The molecule has 32 heavy (non-hydrogen) atoms. The minimum Gasteiger partial charge on any atom is -0.468 e. The molecule has 0 spiro atoms. The van der Waals surface area contributed by atoms with Gasteiger partial charge in [0, 0.05) is 29.2 Å². The van der Waals surface area contributed by atoms with E-state index in [1.807, 2.05) is 26.0 Å². The molecule has 0 aliphatic rings. The monoisotopic (exact) mass is 436 g/mol. The van der Waals surface area contributed by atoms with E-state index >= 15 is 0 Å². The van der Waals surface area contributed by atoms with Gasteiger partial charge in [0.25, 0.3) is 11.8 Å². The van der Waals surface area contributed by atoms with Crippen LogP contribution in [0.3, 0.4) is 0 Å². The highest BCUT2D eigenvalue weighted by Gasteiger charge is 2.14. The first kappa shape index (κ1) is 24.4. The van der Waals surface area contributed by atoms with E-state index in [0.29, 0.717) is 17.2 Å². The molecular formula is C24H28N4O4. The van der Waals surface area contributed by atoms with Crippen molar-refractivity contribution in [2.75, 3.05) is 19.0 Å². The van der Waals surface area contributed by atoms with E-state index < -0.39 is 17.8 Å². The SMILES string of the molecule is COC(=O)CNC(=O)c1ccc(NC(=O)/C(C#N)=C/c2cc(C)n(CC(C)C)c2C)cc1. The first-order valence-electron chi connectivity index (χ1n) is 10.2. The number of ether oxygens (including phenoxy) is 1. The number of rotatable bonds is 8. The molecule has 0 bridgehead atoms. The maximum atomic E-state index is 12.6. The molecule has 0 aliphatic carbocycles. The van der Waals surface area contributed by atoms with Crippen LogP contribution in [0.5, 0.6) is 0 Å². The second-order valence-corrected chi connectivity index (χ2v) is 7.79. The summed E-state index contributed by atoms with van der Waals surface area (Å²) in [6, 6.07) is 10.0. The van der Waals surface area contributed by atoms with Gasteiger partial charge in [-0.15, -0.1) is 0 Å². The summed E-state index contributed by atoms with van der Waals surface area (Å²) in [5.41, 5.74) is 3.63. The minimum absolute atomic E-state index is 0.0188. The predicted molar refractivity (Wildman–Crippen MR) is 122 cm³/mol. The summed E-state index contributed by atoms with van der Waals surface area (Å²) in [6.07, 6.45) is 1.59. The Labute approximate surface area is 187 Å². The van der Waals surface area contributed by atoms with Crippen LogP contribution >= 0.6 is 0 Å². The van der Waals surface area contributed by atoms with Crippen LogP contribution in [0.25, 0.3) is 6.08 Å². The van der Waals surface area contributed by atoms with Crippen LogP contribution in [0.15, 0.2) is 35.9 Å². The maximum absolute atomic E-state index is 12.6. The number of aromatic nitrogens is 1. The van der Waals surface area contributed by atoms with Crippen molar-refractivity contribution in [2.45, 2.75) is 34.2 Å². The van der Waals surface area contributed by atoms with Gasteiger partial charge in [-0.05, 0) is 61.7 Å². The van der Waals surface area contributed by atoms with Crippen molar-refractivity contribution >= 4 is 29.5 Å². The van der Waals surface area contributed by atoms with Gasteiger partial charge >= 0.3 is 5.97 Å². The molecule has 0 saturated heterocycles. The maximum Gasteiger partial charge on any atom is 0.325 e. The number of anilines is 1. The van der Waals surface area contributed by atoms with Gasteiger partial charge in [0.05, 0.1) is 7.11 Å². The van der Waals surface area contributed by atoms with Crippen molar-refractivity contribution in [1.82, 2.24) is 9.88 Å². The van der Waals surface area contributed by atoms with E-state index in [0.717, 1.165) is 23.5 Å². The molecule has 2 rings (SSSR count). The number of carbonyl (C=O) groups excluding carboxylic acids is 3. The lowest BCUT2D eigenvalue weighted by atomic mass is 10.1. The molecule has 2 aromatic rings. The van der Waals surface area contributed by atoms with Gasteiger partial charge in [-0.1, -0.05) is 13.8 Å². The Bertz CT molecular complexity index is 1070. The lowest BCUT2D eigenvalue weighted by Gasteiger charge is -2.12. The van der Waals surface area contributed by atoms with E-state index in [4.69, 9.17) is 0 Å². The van der Waals surface area contributed by atoms with Gasteiger partial charge in [0.15, 0.2) is 0 Å². The van der Waals surface area contributed by atoms with Crippen LogP contribution < -0.4 is 10.6 Å². The lowest BCUT2D eigenvalue weighted by Crippen LogP contribution is -2.30. The Morgan fingerprint density at radius 3 is 2.41 bits per heavy atom. The minimum atomic E-state index is -0.553. The van der Waals surface area contributed by atoms with Crippen LogP contribution in [0.2, 0.25) is 0 Å². The van der Waals surface area contributed by atoms with E-state index in [1.165, 1.54) is 19.2 Å². The van der Waals surface area contributed by atoms with E-state index in [9.17, 15) is 19.6 Å². The fourth-order valence-electron chi connectivity index (χ4n) is 3.15. The number of aryl methyl sites for hydroxylation is 1. The molecule has 168 valence electrons. The summed E-state index contributed by atoms with van der Waals surface area (Å²) >= 11 is 0. The predicted octanol–water partition coefficient (Wildman–Crippen LogP) is 3.21. The normalized spacial score (nSPS) is 11.1. The van der Waals surface area contributed by atoms with Gasteiger partial charge < -0.3 is 19.9 Å². The quantitative estimate of drug-likeness (QED) is 0.375. The van der Waals surface area contributed by atoms with E-state index in [2.05, 4.69) is 33.8 Å². The number of amides is 2. The molecule has 0 atom stereocenters. The van der Waals surface area contributed by atoms with E-state index in [1.54, 1.807) is 18.2 Å². The number of esters is 1. The molecule has 0 radical (unpaired) electrons. The number of hydrogen-bond acceptors (Lipinski definition) is 5. The van der Waals surface area contributed by atoms with Crippen molar-refractivity contribution in [3.63, 3.8) is 0 Å². The first-order valence-corrected chi connectivity index (χ1v) is 10.2. The second kappa shape index (κ2) is 11.0. The number of carbonyl (C=O) groups is 3. The Hall–Kier alpha value is -3.86. The average molecular weight is 437 g/mol. The second-order valence-electron chi connectivity index (χ2n) is 7.79. The number of nitriles is 1. The number of methoxy groups -OCH3 is 1. The Morgan fingerprint density at radius 2 is 1.84 bits per heavy atom. The number of nitrogens with zero attached hydrogens (tertiary/aromatic N) is 2. The summed E-state index contributed by atoms with van der Waals surface area (Å²) in [5.74, 6) is -1.06. The third-order valence-corrected chi connectivity index (χ3v) is 4.85. The summed E-state index contributed by atoms with van der Waals surface area (Å²) in [6.45, 7) is 8.87. The third-order valence-electron chi connectivity index (χ3n) is 4.85. The molecule has 1 aromatic heterocycles. The van der Waals surface area contributed by atoms with Crippen molar-refractivity contribution in [1.29, 1.82) is 5.26 Å². The molecule has 0 fully saturated rings. The van der Waals surface area contributed by atoms with Crippen LogP contribution in [0, 0.1) is 31.1 Å². The molecule has 0 unspecified atom stereocenters. The largest absolute Gasteiger partial charge is 0.468 e. The summed E-state index contributed by atoms with van der Waals surface area (Å²) in [4.78, 5) is 35.8. The summed E-state index contributed by atoms with van der Waals surface area (Å²) < 4.78 is 6.65. The number of hydrogen-bond donors (Lipinski definition) is 2. The van der Waals surface area contributed by atoms with Crippen LogP contribution in [-0.2, 0) is 20.9 Å². The smallest absolute Gasteiger partial charge is 0.325 e. The van der Waals surface area contributed by atoms with Crippen LogP contribution in [0.1, 0.15) is 41.2 Å². The van der Waals surface area contributed by atoms with Crippen molar-refractivity contribution < 1.29 is 19.1 Å². The zero-order chi connectivity index (χ0) is 23.8. The van der Waals surface area contributed by atoms with Crippen molar-refractivity contribution in [3.05, 3.63) is 58.4 Å². The van der Waals surface area contributed by atoms with Crippen molar-refractivity contribution in [3.8, 4) is 6.07 Å². The average Bonchev–Trinajstić information content (AvgIpc) is 3.02. The number of benzene rings is 1. The fourth-order valence-corrected chi connectivity index (χ4v) is 3.15. The highest BCUT2D eigenvalue weighted by Crippen LogP contribution is 2.20. The molecule has 0 aliphatic heterocycles. The molecule has 2 amide bonds. The fraction of sp³-hybridized carbons (Fsp3) is 0.333. The molecule has 2 N–H and O–H groups in total. The molecule has 8 heteroatoms. The highest BCUT2D eigenvalue weighted by atomic mass is 16.5. The van der Waals surface area contributed by atoms with Gasteiger partial charge in [-0.3, -0.25) is 14.4 Å². The van der Waals surface area contributed by atoms with Crippen molar-refractivity contribution in [2.24, 2.45) is 5.92 Å². The van der Waals surface area contributed by atoms with E-state index in [-0.39, 0.29) is 12.1 Å². The lowest BCUT2D eigenvalue weighted by molar-refractivity contribution is -0.139. The Morgan fingerprint density at radius 1 is 1.19 bits per heavy atom. The molecule has 8 nitrogen and oxygen atoms in total. The van der Waals surface area contributed by atoms with Crippen LogP contribution in [-0.4, -0.2) is 36.0 Å². The Kier molecular flexibility index (Phi) is 8.36. The van der Waals surface area contributed by atoms with Gasteiger partial charge in [-0.2, -0.15) is 5.26 Å². The standard InChI is InChI=1S/C24H28N4O4/c1-15(2)14-28-16(3)10-19(17(28)4)11-20(12-25)24(31)27-21-8-6-18(7-9-21)23(30)26-13-22(29)32-5/h6-11,15H,13-14H2,1-5H3,(H,26,30)(H,27,31)/b20-11+. The zero-order valence-electron chi connectivity index (χ0n) is 19.0. The van der Waals surface area contributed by atoms with Gasteiger partial charge in [0.2, 0.25) is 0 Å². The molecule has 1 heterocycles. The van der Waals surface area contributed by atoms with Gasteiger partial charge in [-0.25, -0.2) is 0 Å². The summed E-state index contributed by atoms with van der Waals surface area (Å²) in [5, 5.41) is 14.6. The number of nitrogens with one attached hydrogen (secondary N) is 2. The summed E-state index contributed by atoms with van der Waals surface area (Å²) in [7, 11) is 1.24. The molecular weight excluding hydrogens is 408 g/mol. The van der Waals surface area contributed by atoms with Crippen LogP contribution in [0.4, 0.5) is 5.69 Å². The van der Waals surface area contributed by atoms with Gasteiger partial charge in [0.1, 0.15) is 18.2 Å².